The van der Waals surface area contributed by atoms with Crippen molar-refractivity contribution in [2.45, 2.75) is 45.1 Å². The number of rotatable bonds is 2. The fraction of sp³-hybridized carbons (Fsp3) is 0.588. The zero-order chi connectivity index (χ0) is 15.1. The molecule has 114 valence electrons. The molecule has 0 amide bonds. The molecule has 2 atom stereocenters. The smallest absolute Gasteiger partial charge is 0.306 e. The monoisotopic (exact) mass is 289 g/mol. The number of aryl methyl sites for hydroxylation is 1. The van der Waals surface area contributed by atoms with Gasteiger partial charge in [-0.1, -0.05) is 13.0 Å². The van der Waals surface area contributed by atoms with E-state index in [1.54, 1.807) is 6.07 Å². The summed E-state index contributed by atoms with van der Waals surface area (Å²) in [4.78, 5) is 13.4. The molecule has 1 aliphatic carbocycles. The van der Waals surface area contributed by atoms with E-state index in [9.17, 15) is 9.90 Å². The summed E-state index contributed by atoms with van der Waals surface area (Å²) in [7, 11) is 0. The lowest BCUT2D eigenvalue weighted by Gasteiger charge is -2.35. The highest BCUT2D eigenvalue weighted by Crippen LogP contribution is 2.49. The van der Waals surface area contributed by atoms with Crippen LogP contribution in [0.5, 0.6) is 5.75 Å². The zero-order valence-electron chi connectivity index (χ0n) is 12.7. The summed E-state index contributed by atoms with van der Waals surface area (Å²) in [5.41, 5.74) is 3.62. The maximum Gasteiger partial charge on any atom is 0.306 e. The van der Waals surface area contributed by atoms with Crippen molar-refractivity contribution < 1.29 is 15.0 Å². The average Bonchev–Trinajstić information content (AvgIpc) is 2.82. The first kappa shape index (κ1) is 14.4. The summed E-state index contributed by atoms with van der Waals surface area (Å²) in [6.45, 7) is 5.94. The van der Waals surface area contributed by atoms with Crippen molar-refractivity contribution in [1.29, 1.82) is 0 Å². The van der Waals surface area contributed by atoms with Gasteiger partial charge in [-0.15, -0.1) is 0 Å². The number of nitrogens with zero attached hydrogens (tertiary/aromatic N) is 1. The first-order valence-electron chi connectivity index (χ1n) is 7.78. The minimum Gasteiger partial charge on any atom is -0.508 e. The summed E-state index contributed by atoms with van der Waals surface area (Å²) in [6, 6.07) is 4.03. The Bertz CT molecular complexity index is 561. The predicted molar refractivity (Wildman–Crippen MR) is 80.5 cm³/mol. The van der Waals surface area contributed by atoms with Crippen LogP contribution in [0.15, 0.2) is 12.1 Å². The number of hydrogen-bond acceptors (Lipinski definition) is 3. The molecule has 1 fully saturated rings. The van der Waals surface area contributed by atoms with Gasteiger partial charge in [0.05, 0.1) is 5.92 Å². The van der Waals surface area contributed by atoms with Gasteiger partial charge in [0, 0.05) is 11.6 Å². The highest BCUT2D eigenvalue weighted by molar-refractivity contribution is 5.70. The topological polar surface area (TPSA) is 60.8 Å². The molecule has 3 rings (SSSR count). The quantitative estimate of drug-likeness (QED) is 0.878. The van der Waals surface area contributed by atoms with Crippen LogP contribution >= 0.6 is 0 Å². The molecule has 1 aliphatic heterocycles. The average molecular weight is 289 g/mol. The first-order valence-corrected chi connectivity index (χ1v) is 7.78. The van der Waals surface area contributed by atoms with Crippen molar-refractivity contribution >= 4 is 5.97 Å². The lowest BCUT2D eigenvalue weighted by Crippen LogP contribution is -2.38. The van der Waals surface area contributed by atoms with Crippen molar-refractivity contribution in [1.82, 2.24) is 4.90 Å². The zero-order valence-corrected chi connectivity index (χ0v) is 12.7. The van der Waals surface area contributed by atoms with Crippen LogP contribution in [0.2, 0.25) is 0 Å². The van der Waals surface area contributed by atoms with Gasteiger partial charge < -0.3 is 10.2 Å². The maximum atomic E-state index is 11.1. The molecule has 0 radical (unpaired) electrons. The molecule has 2 unspecified atom stereocenters. The second kappa shape index (κ2) is 5.34. The molecule has 0 spiro atoms. The van der Waals surface area contributed by atoms with Crippen LogP contribution < -0.4 is 0 Å². The number of carboxylic acids is 1. The van der Waals surface area contributed by atoms with Gasteiger partial charge in [0.2, 0.25) is 0 Å². The van der Waals surface area contributed by atoms with Gasteiger partial charge in [0.1, 0.15) is 5.75 Å². The second-order valence-electron chi connectivity index (χ2n) is 6.53. The van der Waals surface area contributed by atoms with Crippen LogP contribution in [0.4, 0.5) is 0 Å². The molecule has 21 heavy (non-hydrogen) atoms. The van der Waals surface area contributed by atoms with E-state index in [0.29, 0.717) is 24.5 Å². The number of phenols is 1. The van der Waals surface area contributed by atoms with Crippen LogP contribution in [0, 0.1) is 12.8 Å². The van der Waals surface area contributed by atoms with E-state index in [0.717, 1.165) is 25.1 Å². The highest BCUT2D eigenvalue weighted by Gasteiger charge is 2.37. The molecular formula is C17H23NO3. The summed E-state index contributed by atoms with van der Waals surface area (Å²) in [5, 5.41) is 19.4. The molecular weight excluding hydrogens is 266 g/mol. The Morgan fingerprint density at radius 1 is 1.24 bits per heavy atom. The van der Waals surface area contributed by atoms with Crippen LogP contribution in [0.1, 0.15) is 54.8 Å². The lowest BCUT2D eigenvalue weighted by molar-refractivity contribution is -0.143. The Kier molecular flexibility index (Phi) is 3.66. The number of piperidine rings is 1. The van der Waals surface area contributed by atoms with Gasteiger partial charge in [-0.25, -0.2) is 0 Å². The Hall–Kier alpha value is -1.55. The van der Waals surface area contributed by atoms with E-state index < -0.39 is 5.97 Å². The maximum absolute atomic E-state index is 11.1. The van der Waals surface area contributed by atoms with Gasteiger partial charge in [-0.2, -0.15) is 0 Å². The third-order valence-electron chi connectivity index (χ3n) is 5.20. The number of carboxylic acid groups (broad SMARTS) is 1. The van der Waals surface area contributed by atoms with Crippen LogP contribution in [0.25, 0.3) is 0 Å². The van der Waals surface area contributed by atoms with Gasteiger partial charge in [-0.05, 0) is 62.4 Å². The van der Waals surface area contributed by atoms with E-state index in [1.807, 2.05) is 6.07 Å². The third kappa shape index (κ3) is 2.42. The van der Waals surface area contributed by atoms with E-state index in [4.69, 9.17) is 5.11 Å². The standard InChI is InChI=1S/C17H23NO3/c1-10-3-4-14(19)16-13(9-11(2)15(10)16)18-7-5-12(6-8-18)17(20)21/h3-4,11-13,19H,5-9H2,1-2H3,(H,20,21). The minimum absolute atomic E-state index is 0.203. The molecule has 1 aromatic carbocycles. The van der Waals surface area contributed by atoms with E-state index >= 15 is 0 Å². The number of fused-ring (bicyclic) bond motifs is 1. The lowest BCUT2D eigenvalue weighted by atomic mass is 9.94. The van der Waals surface area contributed by atoms with Crippen molar-refractivity contribution in [3.8, 4) is 5.75 Å². The Morgan fingerprint density at radius 2 is 1.90 bits per heavy atom. The second-order valence-corrected chi connectivity index (χ2v) is 6.53. The number of benzene rings is 1. The highest BCUT2D eigenvalue weighted by atomic mass is 16.4. The van der Waals surface area contributed by atoms with Crippen LogP contribution in [-0.4, -0.2) is 34.2 Å². The minimum atomic E-state index is -0.673. The summed E-state index contributed by atoms with van der Waals surface area (Å²) in [5.74, 6) is -0.0289. The first-order chi connectivity index (χ1) is 9.99. The van der Waals surface area contributed by atoms with E-state index in [-0.39, 0.29) is 12.0 Å². The summed E-state index contributed by atoms with van der Waals surface area (Å²) in [6.07, 6.45) is 2.44. The van der Waals surface area contributed by atoms with Gasteiger partial charge in [-0.3, -0.25) is 9.69 Å². The molecule has 2 N–H and O–H groups in total. The molecule has 1 saturated heterocycles. The number of aliphatic carboxylic acids is 1. The summed E-state index contributed by atoms with van der Waals surface area (Å²) >= 11 is 0. The summed E-state index contributed by atoms with van der Waals surface area (Å²) < 4.78 is 0. The molecule has 4 nitrogen and oxygen atoms in total. The van der Waals surface area contributed by atoms with E-state index in [1.165, 1.54) is 11.1 Å². The van der Waals surface area contributed by atoms with Gasteiger partial charge >= 0.3 is 5.97 Å². The Morgan fingerprint density at radius 3 is 2.52 bits per heavy atom. The third-order valence-corrected chi connectivity index (χ3v) is 5.20. The Balaban J connectivity index is 1.84. The Labute approximate surface area is 125 Å². The normalized spacial score (nSPS) is 26.8. The number of likely N-dealkylation sites (tertiary alicyclic amines) is 1. The SMILES string of the molecule is Cc1ccc(O)c2c1C(C)CC2N1CCC(C(=O)O)CC1. The molecule has 0 aromatic heterocycles. The van der Waals surface area contributed by atoms with Crippen LogP contribution in [-0.2, 0) is 4.79 Å². The molecule has 1 aromatic rings. The number of carbonyl (C=O) groups is 1. The molecule has 4 heteroatoms. The number of aromatic hydroxyl groups is 1. The van der Waals surface area contributed by atoms with Crippen molar-refractivity contribution in [2.75, 3.05) is 13.1 Å². The largest absolute Gasteiger partial charge is 0.508 e. The molecule has 1 heterocycles. The van der Waals surface area contributed by atoms with Crippen molar-refractivity contribution in [3.05, 3.63) is 28.8 Å². The van der Waals surface area contributed by atoms with E-state index in [2.05, 4.69) is 18.7 Å². The number of hydrogen-bond donors (Lipinski definition) is 2. The van der Waals surface area contributed by atoms with Crippen molar-refractivity contribution in [2.24, 2.45) is 5.92 Å². The predicted octanol–water partition coefficient (Wildman–Crippen LogP) is 3.05. The fourth-order valence-corrected chi connectivity index (χ4v) is 4.10. The fourth-order valence-electron chi connectivity index (χ4n) is 4.10. The van der Waals surface area contributed by atoms with Crippen LogP contribution in [0.3, 0.4) is 0 Å². The van der Waals surface area contributed by atoms with Gasteiger partial charge in [0.15, 0.2) is 0 Å². The number of phenolic OH excluding ortho intramolecular Hbond substituents is 1. The molecule has 2 aliphatic rings. The molecule has 0 bridgehead atoms. The van der Waals surface area contributed by atoms with Crippen molar-refractivity contribution in [3.63, 3.8) is 0 Å². The molecule has 0 saturated carbocycles. The van der Waals surface area contributed by atoms with Gasteiger partial charge in [0.25, 0.3) is 0 Å².